The second-order valence-corrected chi connectivity index (χ2v) is 13.0. The predicted molar refractivity (Wildman–Crippen MR) is 144 cm³/mol. The van der Waals surface area contributed by atoms with Crippen molar-refractivity contribution in [2.24, 2.45) is 35.5 Å². The van der Waals surface area contributed by atoms with Crippen LogP contribution in [0.5, 0.6) is 0 Å². The summed E-state index contributed by atoms with van der Waals surface area (Å²) >= 11 is 0. The van der Waals surface area contributed by atoms with Crippen LogP contribution in [-0.2, 0) is 20.9 Å². The number of benzene rings is 1. The second kappa shape index (κ2) is 10.2. The molecule has 38 heavy (non-hydrogen) atoms. The number of nitrogens with one attached hydrogen (secondary N) is 2. The van der Waals surface area contributed by atoms with Crippen LogP contribution in [0.4, 0.5) is 0 Å². The first-order valence-electron chi connectivity index (χ1n) is 15.0. The van der Waals surface area contributed by atoms with Crippen molar-refractivity contribution in [3.63, 3.8) is 0 Å². The minimum Gasteiger partial charge on any atom is -0.381 e. The van der Waals surface area contributed by atoms with E-state index in [2.05, 4.69) is 62.8 Å². The van der Waals surface area contributed by atoms with Crippen molar-refractivity contribution >= 4 is 11.8 Å². The largest absolute Gasteiger partial charge is 0.381 e. The van der Waals surface area contributed by atoms with Gasteiger partial charge in [-0.25, -0.2) is 5.01 Å². The van der Waals surface area contributed by atoms with Crippen LogP contribution in [0.1, 0.15) is 38.2 Å². The van der Waals surface area contributed by atoms with Gasteiger partial charge in [-0.05, 0) is 54.9 Å². The quantitative estimate of drug-likeness (QED) is 0.629. The molecule has 8 atom stereocenters. The third kappa shape index (κ3) is 4.47. The molecule has 8 heteroatoms. The van der Waals surface area contributed by atoms with Crippen LogP contribution in [0.2, 0.25) is 0 Å². The standard InChI is InChI=1S/C30H43N5O3/c1-19-11-27-25(28-26(29(36)32-27)13-31-35(28)23-7-9-38-10-8-23)12-24(19)30(37)34-17-21-15-33(16-22(21)18-34)14-20-5-3-2-4-6-20/h2-6,19,21-28,31H,7-18H2,1H3,(H,32,36). The molecule has 2 amide bonds. The molecule has 1 saturated carbocycles. The van der Waals surface area contributed by atoms with Crippen LogP contribution in [0.25, 0.3) is 0 Å². The molecule has 206 valence electrons. The van der Waals surface area contributed by atoms with Gasteiger partial charge in [0.15, 0.2) is 0 Å². The molecule has 1 aromatic rings. The molecule has 0 spiro atoms. The van der Waals surface area contributed by atoms with Crippen LogP contribution in [-0.4, -0.2) is 90.7 Å². The Morgan fingerprint density at radius 2 is 1.76 bits per heavy atom. The highest BCUT2D eigenvalue weighted by molar-refractivity contribution is 5.82. The lowest BCUT2D eigenvalue weighted by atomic mass is 9.65. The number of hydrazine groups is 1. The van der Waals surface area contributed by atoms with E-state index in [1.165, 1.54) is 5.56 Å². The van der Waals surface area contributed by atoms with Gasteiger partial charge in [-0.15, -0.1) is 0 Å². The van der Waals surface area contributed by atoms with Crippen LogP contribution >= 0.6 is 0 Å². The van der Waals surface area contributed by atoms with Gasteiger partial charge in [0, 0.05) is 76.5 Å². The van der Waals surface area contributed by atoms with E-state index >= 15 is 0 Å². The lowest BCUT2D eigenvalue weighted by Gasteiger charge is -2.50. The van der Waals surface area contributed by atoms with Crippen molar-refractivity contribution in [3.05, 3.63) is 35.9 Å². The summed E-state index contributed by atoms with van der Waals surface area (Å²) in [5.41, 5.74) is 4.98. The summed E-state index contributed by atoms with van der Waals surface area (Å²) in [7, 11) is 0. The van der Waals surface area contributed by atoms with Crippen molar-refractivity contribution in [1.82, 2.24) is 25.6 Å². The highest BCUT2D eigenvalue weighted by Crippen LogP contribution is 2.45. The molecule has 8 unspecified atom stereocenters. The third-order valence-corrected chi connectivity index (χ3v) is 10.7. The molecule has 5 heterocycles. The van der Waals surface area contributed by atoms with Gasteiger partial charge in [-0.1, -0.05) is 37.3 Å². The maximum absolute atomic E-state index is 14.0. The zero-order valence-electron chi connectivity index (χ0n) is 22.6. The number of hydrogen-bond acceptors (Lipinski definition) is 6. The van der Waals surface area contributed by atoms with Crippen LogP contribution in [0.3, 0.4) is 0 Å². The minimum absolute atomic E-state index is 0.0232. The highest BCUT2D eigenvalue weighted by atomic mass is 16.5. The average Bonchev–Trinajstić information content (AvgIpc) is 3.63. The number of piperidine rings is 1. The first-order chi connectivity index (χ1) is 18.5. The van der Waals surface area contributed by atoms with E-state index in [1.807, 2.05) is 0 Å². The Hall–Kier alpha value is -2.00. The monoisotopic (exact) mass is 521 g/mol. The summed E-state index contributed by atoms with van der Waals surface area (Å²) in [6.07, 6.45) is 3.81. The smallest absolute Gasteiger partial charge is 0.226 e. The average molecular weight is 522 g/mol. The number of fused-ring (bicyclic) bond motifs is 4. The molecule has 1 aromatic carbocycles. The number of rotatable bonds is 4. The van der Waals surface area contributed by atoms with Crippen molar-refractivity contribution in [2.45, 2.75) is 57.3 Å². The van der Waals surface area contributed by atoms with Gasteiger partial charge >= 0.3 is 0 Å². The van der Waals surface area contributed by atoms with Gasteiger partial charge in [0.2, 0.25) is 11.8 Å². The summed E-state index contributed by atoms with van der Waals surface area (Å²) in [6.45, 7) is 9.54. The SMILES string of the molecule is CC1CC2NC(=O)C3CNN(C4CCOCC4)C3C2CC1C(=O)N1CC2CN(Cc3ccccc3)CC2C1. The predicted octanol–water partition coefficient (Wildman–Crippen LogP) is 1.72. The molecule has 5 saturated heterocycles. The summed E-state index contributed by atoms with van der Waals surface area (Å²) in [5, 5.41) is 5.79. The van der Waals surface area contributed by atoms with E-state index in [0.717, 1.165) is 71.6 Å². The number of carbonyl (C=O) groups excluding carboxylic acids is 2. The maximum Gasteiger partial charge on any atom is 0.226 e. The Bertz CT molecular complexity index is 1020. The molecule has 6 aliphatic rings. The zero-order chi connectivity index (χ0) is 25.8. The summed E-state index contributed by atoms with van der Waals surface area (Å²) in [6, 6.07) is 11.5. The van der Waals surface area contributed by atoms with Crippen molar-refractivity contribution in [1.29, 1.82) is 0 Å². The number of amides is 2. The minimum atomic E-state index is -0.0232. The van der Waals surface area contributed by atoms with Crippen LogP contribution < -0.4 is 10.7 Å². The first-order valence-corrected chi connectivity index (χ1v) is 15.0. The molecule has 0 radical (unpaired) electrons. The molecule has 2 N–H and O–H groups in total. The summed E-state index contributed by atoms with van der Waals surface area (Å²) < 4.78 is 5.62. The van der Waals surface area contributed by atoms with Gasteiger partial charge < -0.3 is 15.0 Å². The van der Waals surface area contributed by atoms with Crippen molar-refractivity contribution in [2.75, 3.05) is 45.9 Å². The molecular weight excluding hydrogens is 478 g/mol. The normalized spacial score (nSPS) is 40.0. The maximum atomic E-state index is 14.0. The molecule has 1 aliphatic carbocycles. The van der Waals surface area contributed by atoms with Gasteiger partial charge in [0.05, 0.1) is 5.92 Å². The lowest BCUT2D eigenvalue weighted by molar-refractivity contribution is -0.142. The Morgan fingerprint density at radius 3 is 2.50 bits per heavy atom. The molecule has 5 aliphatic heterocycles. The number of carbonyl (C=O) groups is 2. The Labute approximate surface area is 226 Å². The summed E-state index contributed by atoms with van der Waals surface area (Å²) in [5.74, 6) is 2.41. The van der Waals surface area contributed by atoms with Gasteiger partial charge in [0.1, 0.15) is 0 Å². The van der Waals surface area contributed by atoms with Crippen LogP contribution in [0, 0.1) is 35.5 Å². The Morgan fingerprint density at radius 1 is 1.03 bits per heavy atom. The fourth-order valence-corrected chi connectivity index (χ4v) is 8.79. The molecule has 7 rings (SSSR count). The topological polar surface area (TPSA) is 77.2 Å². The molecule has 8 nitrogen and oxygen atoms in total. The molecule has 0 bridgehead atoms. The molecule has 0 aromatic heterocycles. The number of nitrogens with zero attached hydrogens (tertiary/aromatic N) is 3. The van der Waals surface area contributed by atoms with Crippen molar-refractivity contribution < 1.29 is 14.3 Å². The van der Waals surface area contributed by atoms with Gasteiger partial charge in [-0.2, -0.15) is 0 Å². The van der Waals surface area contributed by atoms with E-state index in [9.17, 15) is 9.59 Å². The number of hydrogen-bond donors (Lipinski definition) is 2. The Balaban J connectivity index is 1.02. The fraction of sp³-hybridized carbons (Fsp3) is 0.733. The van der Waals surface area contributed by atoms with Gasteiger partial charge in [-0.3, -0.25) is 19.9 Å². The van der Waals surface area contributed by atoms with Gasteiger partial charge in [0.25, 0.3) is 0 Å². The van der Waals surface area contributed by atoms with Crippen LogP contribution in [0.15, 0.2) is 30.3 Å². The lowest BCUT2D eigenvalue weighted by Crippen LogP contribution is -2.64. The third-order valence-electron chi connectivity index (χ3n) is 10.7. The first kappa shape index (κ1) is 25.0. The zero-order valence-corrected chi connectivity index (χ0v) is 22.6. The number of ether oxygens (including phenoxy) is 1. The van der Waals surface area contributed by atoms with E-state index < -0.39 is 0 Å². The highest BCUT2D eigenvalue weighted by Gasteiger charge is 2.55. The van der Waals surface area contributed by atoms with E-state index in [-0.39, 0.29) is 29.8 Å². The number of likely N-dealkylation sites (tertiary alicyclic amines) is 2. The second-order valence-electron chi connectivity index (χ2n) is 13.0. The molecule has 6 fully saturated rings. The van der Waals surface area contributed by atoms with E-state index in [1.54, 1.807) is 0 Å². The van der Waals surface area contributed by atoms with E-state index in [4.69, 9.17) is 4.74 Å². The fourth-order valence-electron chi connectivity index (χ4n) is 8.79. The Kier molecular flexibility index (Phi) is 6.71. The molecular formula is C30H43N5O3. The van der Waals surface area contributed by atoms with Crippen molar-refractivity contribution in [3.8, 4) is 0 Å². The summed E-state index contributed by atoms with van der Waals surface area (Å²) in [4.78, 5) is 31.8. The van der Waals surface area contributed by atoms with E-state index in [0.29, 0.717) is 42.2 Å².